The molecule has 0 saturated heterocycles. The van der Waals surface area contributed by atoms with Gasteiger partial charge < -0.3 is 24.3 Å². The topological polar surface area (TPSA) is 117 Å². The van der Waals surface area contributed by atoms with Gasteiger partial charge in [0.15, 0.2) is 0 Å². The third-order valence-electron chi connectivity index (χ3n) is 3.79. The van der Waals surface area contributed by atoms with E-state index in [9.17, 15) is 14.4 Å². The first kappa shape index (κ1) is 30.0. The third-order valence-corrected chi connectivity index (χ3v) is 6.26. The SMILES string of the molecule is C[Si](C)(C)OC(=O)CCC(NCCCCC(N)C(=O)O[Si](C)(C)C)C(=O)O[Si](C)(C)C. The molecular weight excluding hydrogens is 448 g/mol. The first-order valence-corrected chi connectivity index (χ1v) is 21.3. The van der Waals surface area contributed by atoms with E-state index in [2.05, 4.69) is 5.32 Å². The third kappa shape index (κ3) is 17.2. The van der Waals surface area contributed by atoms with E-state index >= 15 is 0 Å². The summed E-state index contributed by atoms with van der Waals surface area (Å²) in [6, 6.07) is -1.19. The van der Waals surface area contributed by atoms with Gasteiger partial charge in [-0.15, -0.1) is 0 Å². The van der Waals surface area contributed by atoms with Crippen LogP contribution in [-0.2, 0) is 27.7 Å². The molecule has 2 unspecified atom stereocenters. The minimum absolute atomic E-state index is 0.163. The maximum absolute atomic E-state index is 12.6. The lowest BCUT2D eigenvalue weighted by molar-refractivity contribution is -0.139. The smallest absolute Gasteiger partial charge is 0.309 e. The van der Waals surface area contributed by atoms with Crippen LogP contribution in [0.25, 0.3) is 0 Å². The zero-order chi connectivity index (χ0) is 24.5. The second-order valence-electron chi connectivity index (χ2n) is 10.8. The predicted octanol–water partition coefficient (Wildman–Crippen LogP) is 3.36. The Morgan fingerprint density at radius 1 is 0.742 bits per heavy atom. The van der Waals surface area contributed by atoms with Gasteiger partial charge in [-0.3, -0.25) is 14.4 Å². The highest BCUT2D eigenvalue weighted by Gasteiger charge is 2.28. The molecule has 0 aliphatic carbocycles. The summed E-state index contributed by atoms with van der Waals surface area (Å²) >= 11 is 0. The summed E-state index contributed by atoms with van der Waals surface area (Å²) in [6.45, 7) is 18.1. The number of nitrogens with one attached hydrogen (secondary N) is 1. The highest BCUT2D eigenvalue weighted by atomic mass is 28.4. The molecule has 0 aliphatic heterocycles. The number of hydrogen-bond acceptors (Lipinski definition) is 8. The summed E-state index contributed by atoms with van der Waals surface area (Å²) in [5.74, 6) is -0.946. The number of hydrogen-bond donors (Lipinski definition) is 2. The van der Waals surface area contributed by atoms with Gasteiger partial charge in [0, 0.05) is 6.42 Å². The first-order chi connectivity index (χ1) is 13.9. The fourth-order valence-electron chi connectivity index (χ4n) is 2.59. The highest BCUT2D eigenvalue weighted by Crippen LogP contribution is 2.12. The lowest BCUT2D eigenvalue weighted by Gasteiger charge is -2.24. The van der Waals surface area contributed by atoms with E-state index in [0.29, 0.717) is 19.4 Å². The van der Waals surface area contributed by atoms with Crippen molar-refractivity contribution in [3.05, 3.63) is 0 Å². The van der Waals surface area contributed by atoms with Gasteiger partial charge in [0.1, 0.15) is 12.1 Å². The van der Waals surface area contributed by atoms with Gasteiger partial charge in [0.2, 0.25) is 25.0 Å². The average molecular weight is 493 g/mol. The second-order valence-corrected chi connectivity index (χ2v) is 24.1. The summed E-state index contributed by atoms with van der Waals surface area (Å²) < 4.78 is 16.5. The van der Waals surface area contributed by atoms with Crippen LogP contribution in [0, 0.1) is 0 Å². The molecule has 0 aromatic carbocycles. The quantitative estimate of drug-likeness (QED) is 0.280. The first-order valence-electron chi connectivity index (χ1n) is 11.1. The van der Waals surface area contributed by atoms with Crippen LogP contribution in [0.3, 0.4) is 0 Å². The molecule has 31 heavy (non-hydrogen) atoms. The van der Waals surface area contributed by atoms with Crippen molar-refractivity contribution in [2.45, 2.75) is 103 Å². The average Bonchev–Trinajstić information content (AvgIpc) is 2.51. The van der Waals surface area contributed by atoms with Gasteiger partial charge in [-0.25, -0.2) is 0 Å². The van der Waals surface area contributed by atoms with Crippen molar-refractivity contribution >= 4 is 42.9 Å². The van der Waals surface area contributed by atoms with Crippen LogP contribution in [0.4, 0.5) is 0 Å². The molecule has 0 amide bonds. The molecule has 3 N–H and O–H groups in total. The van der Waals surface area contributed by atoms with E-state index < -0.39 is 37.0 Å². The summed E-state index contributed by atoms with van der Waals surface area (Å²) in [7, 11) is -5.94. The van der Waals surface area contributed by atoms with Crippen LogP contribution in [0.2, 0.25) is 58.9 Å². The Morgan fingerprint density at radius 3 is 1.71 bits per heavy atom. The van der Waals surface area contributed by atoms with Crippen molar-refractivity contribution in [3.63, 3.8) is 0 Å². The summed E-state index contributed by atoms with van der Waals surface area (Å²) in [5, 5.41) is 3.20. The Kier molecular flexibility index (Phi) is 12.5. The minimum Gasteiger partial charge on any atom is -0.520 e. The van der Waals surface area contributed by atoms with E-state index in [1.54, 1.807) is 0 Å². The van der Waals surface area contributed by atoms with Crippen molar-refractivity contribution < 1.29 is 27.7 Å². The minimum atomic E-state index is -2.04. The number of carbonyl (C=O) groups is 3. The number of carbonyl (C=O) groups excluding carboxylic acids is 3. The van der Waals surface area contributed by atoms with Crippen LogP contribution in [0.1, 0.15) is 32.1 Å². The lowest BCUT2D eigenvalue weighted by Crippen LogP contribution is -2.44. The van der Waals surface area contributed by atoms with E-state index in [4.69, 9.17) is 19.0 Å². The fraction of sp³-hybridized carbons (Fsp3) is 0.850. The maximum atomic E-state index is 12.6. The van der Waals surface area contributed by atoms with E-state index in [-0.39, 0.29) is 24.3 Å². The van der Waals surface area contributed by atoms with Crippen molar-refractivity contribution in [1.29, 1.82) is 0 Å². The molecule has 0 heterocycles. The van der Waals surface area contributed by atoms with E-state index in [1.807, 2.05) is 58.9 Å². The monoisotopic (exact) mass is 492 g/mol. The van der Waals surface area contributed by atoms with Gasteiger partial charge in [0.25, 0.3) is 5.97 Å². The predicted molar refractivity (Wildman–Crippen MR) is 131 cm³/mol. The fourth-order valence-corrected chi connectivity index (χ4v) is 4.88. The van der Waals surface area contributed by atoms with Gasteiger partial charge in [-0.05, 0) is 84.7 Å². The van der Waals surface area contributed by atoms with E-state index in [0.717, 1.165) is 12.8 Å². The molecule has 0 aromatic rings. The molecule has 11 heteroatoms. The van der Waals surface area contributed by atoms with Crippen molar-refractivity contribution in [3.8, 4) is 0 Å². The lowest BCUT2D eigenvalue weighted by atomic mass is 10.1. The van der Waals surface area contributed by atoms with Crippen LogP contribution >= 0.6 is 0 Å². The summed E-state index contributed by atoms with van der Waals surface area (Å²) in [5.41, 5.74) is 5.93. The van der Waals surface area contributed by atoms with Crippen LogP contribution in [-0.4, -0.2) is 61.5 Å². The summed E-state index contributed by atoms with van der Waals surface area (Å²) in [6.07, 6.45) is 2.48. The molecular formula is C20H44N2O6Si3. The molecule has 0 aromatic heterocycles. The van der Waals surface area contributed by atoms with Crippen molar-refractivity contribution in [1.82, 2.24) is 5.32 Å². The highest BCUT2D eigenvalue weighted by molar-refractivity contribution is 6.72. The Bertz CT molecular complexity index is 597. The standard InChI is InChI=1S/C20H44N2O6Si3/c1-29(2,3)26-18(23)14-13-17(20(25)28-31(7,8)9)22-15-11-10-12-16(21)19(24)27-30(4,5)6/h16-17,22H,10-15,21H2,1-9H3. The van der Waals surface area contributed by atoms with Gasteiger partial charge in [-0.2, -0.15) is 0 Å². The molecule has 0 fully saturated rings. The van der Waals surface area contributed by atoms with Gasteiger partial charge in [0.05, 0.1) is 0 Å². The van der Waals surface area contributed by atoms with Crippen LogP contribution in [0.5, 0.6) is 0 Å². The van der Waals surface area contributed by atoms with Crippen LogP contribution < -0.4 is 11.1 Å². The summed E-state index contributed by atoms with van der Waals surface area (Å²) in [4.78, 5) is 36.6. The van der Waals surface area contributed by atoms with Gasteiger partial charge in [-0.1, -0.05) is 6.42 Å². The number of rotatable bonds is 14. The molecule has 0 spiro atoms. The van der Waals surface area contributed by atoms with Crippen molar-refractivity contribution in [2.75, 3.05) is 6.54 Å². The zero-order valence-electron chi connectivity index (χ0n) is 20.9. The molecule has 0 rings (SSSR count). The molecule has 182 valence electrons. The zero-order valence-corrected chi connectivity index (χ0v) is 23.9. The number of nitrogens with two attached hydrogens (primary N) is 1. The molecule has 0 aliphatic rings. The normalized spacial score (nSPS) is 14.5. The van der Waals surface area contributed by atoms with Crippen LogP contribution in [0.15, 0.2) is 0 Å². The Labute approximate surface area is 191 Å². The molecule has 2 atom stereocenters. The molecule has 8 nitrogen and oxygen atoms in total. The molecule has 0 saturated carbocycles. The Morgan fingerprint density at radius 2 is 1.23 bits per heavy atom. The number of unbranched alkanes of at least 4 members (excludes halogenated alkanes) is 1. The molecule has 0 bridgehead atoms. The van der Waals surface area contributed by atoms with E-state index in [1.165, 1.54) is 0 Å². The Hall–Kier alpha value is -1.02. The Balaban J connectivity index is 4.58. The maximum Gasteiger partial charge on any atom is 0.309 e. The van der Waals surface area contributed by atoms with Crippen molar-refractivity contribution in [2.24, 2.45) is 5.73 Å². The largest absolute Gasteiger partial charge is 0.520 e. The molecule has 0 radical (unpaired) electrons. The second kappa shape index (κ2) is 12.9. The van der Waals surface area contributed by atoms with Gasteiger partial charge >= 0.3 is 11.9 Å².